The smallest absolute Gasteiger partial charge is 0.143 e. The first kappa shape index (κ1) is 13.3. The lowest BCUT2D eigenvalue weighted by Gasteiger charge is -2.17. The first-order valence-electron chi connectivity index (χ1n) is 6.73. The van der Waals surface area contributed by atoms with Gasteiger partial charge in [0.2, 0.25) is 0 Å². The van der Waals surface area contributed by atoms with Gasteiger partial charge in [-0.15, -0.1) is 0 Å². The first-order chi connectivity index (χ1) is 8.50. The summed E-state index contributed by atoms with van der Waals surface area (Å²) in [4.78, 5) is 12.5. The van der Waals surface area contributed by atoms with E-state index in [1.807, 2.05) is 25.1 Å². The summed E-state index contributed by atoms with van der Waals surface area (Å²) < 4.78 is 5.75. The Kier molecular flexibility index (Phi) is 3.86. The normalized spacial score (nSPS) is 31.6. The molecular weight excluding hydrogens is 224 g/mol. The average Bonchev–Trinajstić information content (AvgIpc) is 2.56. The molecule has 18 heavy (non-hydrogen) atoms. The number of carbonyl (C=O) groups excluding carboxylic acids is 1. The molecule has 0 saturated carbocycles. The van der Waals surface area contributed by atoms with E-state index >= 15 is 0 Å². The molecule has 4 atom stereocenters. The fourth-order valence-corrected chi connectivity index (χ4v) is 2.94. The summed E-state index contributed by atoms with van der Waals surface area (Å²) in [5.41, 5.74) is 2.33. The van der Waals surface area contributed by atoms with Gasteiger partial charge in [-0.3, -0.25) is 4.79 Å². The van der Waals surface area contributed by atoms with E-state index in [4.69, 9.17) is 4.74 Å². The Morgan fingerprint density at radius 1 is 1.17 bits per heavy atom. The lowest BCUT2D eigenvalue weighted by atomic mass is 9.83. The van der Waals surface area contributed by atoms with E-state index in [2.05, 4.69) is 26.8 Å². The molecule has 0 bridgehead atoms. The van der Waals surface area contributed by atoms with Gasteiger partial charge < -0.3 is 4.74 Å². The maximum Gasteiger partial charge on any atom is 0.143 e. The molecule has 1 fully saturated rings. The van der Waals surface area contributed by atoms with Crippen LogP contribution in [-0.2, 0) is 16.0 Å². The highest BCUT2D eigenvalue weighted by molar-refractivity contribution is 5.84. The molecule has 1 heterocycles. The SMILES string of the molecule is Cc1ccccc1CC(=O)C1C(C)OC(C)C1C. The predicted molar refractivity (Wildman–Crippen MR) is 72.6 cm³/mol. The molecule has 1 aliphatic rings. The molecule has 0 aliphatic carbocycles. The molecule has 0 aromatic heterocycles. The minimum atomic E-state index is 0.0413. The molecule has 98 valence electrons. The van der Waals surface area contributed by atoms with Crippen LogP contribution in [0.25, 0.3) is 0 Å². The minimum absolute atomic E-state index is 0.0413. The van der Waals surface area contributed by atoms with E-state index in [-0.39, 0.29) is 18.1 Å². The van der Waals surface area contributed by atoms with Crippen LogP contribution in [0.4, 0.5) is 0 Å². The van der Waals surface area contributed by atoms with Crippen LogP contribution < -0.4 is 0 Å². The van der Waals surface area contributed by atoms with Crippen molar-refractivity contribution in [1.82, 2.24) is 0 Å². The Balaban J connectivity index is 2.11. The van der Waals surface area contributed by atoms with Gasteiger partial charge in [0.15, 0.2) is 0 Å². The van der Waals surface area contributed by atoms with Gasteiger partial charge in [-0.25, -0.2) is 0 Å². The molecular formula is C16H22O2. The number of hydrogen-bond acceptors (Lipinski definition) is 2. The fraction of sp³-hybridized carbons (Fsp3) is 0.562. The summed E-state index contributed by atoms with van der Waals surface area (Å²) in [6.45, 7) is 8.25. The predicted octanol–water partition coefficient (Wildman–Crippen LogP) is 3.17. The number of benzene rings is 1. The highest BCUT2D eigenvalue weighted by Crippen LogP contribution is 2.33. The quantitative estimate of drug-likeness (QED) is 0.819. The van der Waals surface area contributed by atoms with E-state index in [0.717, 1.165) is 5.56 Å². The van der Waals surface area contributed by atoms with Crippen molar-refractivity contribution in [3.8, 4) is 0 Å². The van der Waals surface area contributed by atoms with E-state index in [0.29, 0.717) is 18.1 Å². The van der Waals surface area contributed by atoms with Crippen LogP contribution >= 0.6 is 0 Å². The molecule has 2 rings (SSSR count). The Hall–Kier alpha value is -1.15. The molecule has 1 aromatic carbocycles. The average molecular weight is 246 g/mol. The van der Waals surface area contributed by atoms with Gasteiger partial charge in [0.25, 0.3) is 0 Å². The number of aryl methyl sites for hydroxylation is 1. The van der Waals surface area contributed by atoms with Crippen molar-refractivity contribution in [2.75, 3.05) is 0 Å². The standard InChI is InChI=1S/C16H22O2/c1-10-7-5-6-8-14(10)9-15(17)16-11(2)12(3)18-13(16)4/h5-8,11-13,16H,9H2,1-4H3. The maximum absolute atomic E-state index is 12.5. The van der Waals surface area contributed by atoms with Gasteiger partial charge in [-0.2, -0.15) is 0 Å². The minimum Gasteiger partial charge on any atom is -0.375 e. The van der Waals surface area contributed by atoms with Crippen LogP contribution in [-0.4, -0.2) is 18.0 Å². The topological polar surface area (TPSA) is 26.3 Å². The monoisotopic (exact) mass is 246 g/mol. The molecule has 1 aliphatic heterocycles. The third kappa shape index (κ3) is 2.49. The largest absolute Gasteiger partial charge is 0.375 e. The van der Waals surface area contributed by atoms with Gasteiger partial charge >= 0.3 is 0 Å². The van der Waals surface area contributed by atoms with Gasteiger partial charge in [0.05, 0.1) is 12.2 Å². The lowest BCUT2D eigenvalue weighted by molar-refractivity contribution is -0.124. The molecule has 0 N–H and O–H groups in total. The summed E-state index contributed by atoms with van der Waals surface area (Å²) in [6.07, 6.45) is 0.764. The molecule has 2 heteroatoms. The van der Waals surface area contributed by atoms with Crippen molar-refractivity contribution in [2.45, 2.75) is 46.3 Å². The number of carbonyl (C=O) groups is 1. The summed E-state index contributed by atoms with van der Waals surface area (Å²) in [5, 5.41) is 0. The summed E-state index contributed by atoms with van der Waals surface area (Å²) >= 11 is 0. The molecule has 1 saturated heterocycles. The summed E-state index contributed by atoms with van der Waals surface area (Å²) in [7, 11) is 0. The van der Waals surface area contributed by atoms with Gasteiger partial charge in [0.1, 0.15) is 5.78 Å². The second kappa shape index (κ2) is 5.23. The Bertz CT molecular complexity index is 438. The third-order valence-corrected chi connectivity index (χ3v) is 4.24. The van der Waals surface area contributed by atoms with Crippen LogP contribution in [0.3, 0.4) is 0 Å². The highest BCUT2D eigenvalue weighted by Gasteiger charge is 2.40. The number of ether oxygens (including phenoxy) is 1. The fourth-order valence-electron chi connectivity index (χ4n) is 2.94. The van der Waals surface area contributed by atoms with E-state index in [9.17, 15) is 4.79 Å². The number of rotatable bonds is 3. The van der Waals surface area contributed by atoms with E-state index in [1.54, 1.807) is 0 Å². The van der Waals surface area contributed by atoms with Crippen molar-refractivity contribution in [3.63, 3.8) is 0 Å². The molecule has 1 aromatic rings. The second-order valence-corrected chi connectivity index (χ2v) is 5.50. The highest BCUT2D eigenvalue weighted by atomic mass is 16.5. The zero-order valence-electron chi connectivity index (χ0n) is 11.6. The van der Waals surface area contributed by atoms with Crippen molar-refractivity contribution < 1.29 is 9.53 Å². The van der Waals surface area contributed by atoms with Crippen LogP contribution in [0.1, 0.15) is 31.9 Å². The molecule has 0 amide bonds. The Morgan fingerprint density at radius 3 is 2.39 bits per heavy atom. The zero-order valence-corrected chi connectivity index (χ0v) is 11.6. The van der Waals surface area contributed by atoms with Crippen molar-refractivity contribution in [1.29, 1.82) is 0 Å². The van der Waals surface area contributed by atoms with Crippen LogP contribution in [0.2, 0.25) is 0 Å². The first-order valence-corrected chi connectivity index (χ1v) is 6.73. The lowest BCUT2D eigenvalue weighted by Crippen LogP contribution is -2.28. The van der Waals surface area contributed by atoms with Gasteiger partial charge in [0, 0.05) is 12.3 Å². The van der Waals surface area contributed by atoms with Crippen LogP contribution in [0, 0.1) is 18.8 Å². The van der Waals surface area contributed by atoms with Crippen LogP contribution in [0.5, 0.6) is 0 Å². The van der Waals surface area contributed by atoms with E-state index in [1.165, 1.54) is 5.56 Å². The van der Waals surface area contributed by atoms with Gasteiger partial charge in [-0.1, -0.05) is 31.2 Å². The van der Waals surface area contributed by atoms with Gasteiger partial charge in [-0.05, 0) is 37.8 Å². The van der Waals surface area contributed by atoms with Crippen molar-refractivity contribution in [3.05, 3.63) is 35.4 Å². The number of Topliss-reactive ketones (excluding diaryl/α,β-unsaturated/α-hetero) is 1. The number of hydrogen-bond donors (Lipinski definition) is 0. The zero-order chi connectivity index (χ0) is 13.3. The third-order valence-electron chi connectivity index (χ3n) is 4.24. The number of ketones is 1. The summed E-state index contributed by atoms with van der Waals surface area (Å²) in [6, 6.07) is 8.11. The maximum atomic E-state index is 12.5. The molecule has 0 radical (unpaired) electrons. The van der Waals surface area contributed by atoms with E-state index < -0.39 is 0 Å². The molecule has 4 unspecified atom stereocenters. The Morgan fingerprint density at radius 2 is 1.83 bits per heavy atom. The second-order valence-electron chi connectivity index (χ2n) is 5.50. The van der Waals surface area contributed by atoms with Crippen LogP contribution in [0.15, 0.2) is 24.3 Å². The Labute approximate surface area is 109 Å². The molecule has 0 spiro atoms. The van der Waals surface area contributed by atoms with Crippen molar-refractivity contribution in [2.24, 2.45) is 11.8 Å². The van der Waals surface area contributed by atoms with Crippen molar-refractivity contribution >= 4 is 5.78 Å². The summed E-state index contributed by atoms with van der Waals surface area (Å²) in [5.74, 6) is 0.671. The molecule has 2 nitrogen and oxygen atoms in total.